The molecule has 3 aromatic rings. The Bertz CT molecular complexity index is 824. The van der Waals surface area contributed by atoms with E-state index in [-0.39, 0.29) is 17.5 Å². The number of nitrogens with zero attached hydrogens (tertiary/aromatic N) is 1. The minimum atomic E-state index is -0.467. The highest BCUT2D eigenvalue weighted by Crippen LogP contribution is 2.32. The van der Waals surface area contributed by atoms with Crippen molar-refractivity contribution in [3.63, 3.8) is 0 Å². The Morgan fingerprint density at radius 1 is 1.22 bits per heavy atom. The van der Waals surface area contributed by atoms with Gasteiger partial charge in [0, 0.05) is 23.2 Å². The monoisotopic (exact) mass is 312 g/mol. The van der Waals surface area contributed by atoms with Gasteiger partial charge in [-0.3, -0.25) is 10.1 Å². The molecule has 0 saturated carbocycles. The first kappa shape index (κ1) is 14.9. The number of benzene rings is 2. The highest BCUT2D eigenvalue weighted by molar-refractivity contribution is 5.78. The normalized spacial score (nSPS) is 12.1. The van der Waals surface area contributed by atoms with E-state index in [0.717, 1.165) is 22.4 Å². The van der Waals surface area contributed by atoms with E-state index in [9.17, 15) is 10.1 Å². The van der Waals surface area contributed by atoms with Crippen LogP contribution in [0.15, 0.2) is 52.9 Å². The van der Waals surface area contributed by atoms with Gasteiger partial charge in [0.2, 0.25) is 0 Å². The molecule has 0 aliphatic heterocycles. The summed E-state index contributed by atoms with van der Waals surface area (Å²) in [6.07, 6.45) is 0. The third-order valence-corrected chi connectivity index (χ3v) is 3.63. The second-order valence-electron chi connectivity index (χ2n) is 5.20. The molecule has 23 heavy (non-hydrogen) atoms. The van der Waals surface area contributed by atoms with Crippen LogP contribution in [0.25, 0.3) is 11.0 Å². The Balaban J connectivity index is 1.84. The summed E-state index contributed by atoms with van der Waals surface area (Å²) in [5.74, 6) is 1.01. The first-order chi connectivity index (χ1) is 11.1. The van der Waals surface area contributed by atoms with Crippen LogP contribution < -0.4 is 10.1 Å². The van der Waals surface area contributed by atoms with E-state index in [4.69, 9.17) is 9.15 Å². The number of anilines is 1. The lowest BCUT2D eigenvalue weighted by molar-refractivity contribution is -0.385. The second kappa shape index (κ2) is 6.00. The number of hydrogen-bond acceptors (Lipinski definition) is 5. The predicted octanol–water partition coefficient (Wildman–Crippen LogP) is 4.52. The summed E-state index contributed by atoms with van der Waals surface area (Å²) in [6, 6.07) is 14.4. The number of ether oxygens (including phenoxy) is 1. The largest absolute Gasteiger partial charge is 0.490 e. The van der Waals surface area contributed by atoms with Crippen LogP contribution in [0.4, 0.5) is 11.4 Å². The van der Waals surface area contributed by atoms with Gasteiger partial charge in [-0.15, -0.1) is 0 Å². The minimum absolute atomic E-state index is 0.0607. The van der Waals surface area contributed by atoms with Crippen LogP contribution in [-0.2, 0) is 0 Å². The summed E-state index contributed by atoms with van der Waals surface area (Å²) in [4.78, 5) is 10.5. The Morgan fingerprint density at radius 2 is 2.00 bits per heavy atom. The molecule has 0 amide bonds. The zero-order valence-electron chi connectivity index (χ0n) is 12.8. The maximum atomic E-state index is 10.9. The fourth-order valence-corrected chi connectivity index (χ4v) is 2.46. The van der Waals surface area contributed by atoms with E-state index in [2.05, 4.69) is 5.32 Å². The lowest BCUT2D eigenvalue weighted by Crippen LogP contribution is -2.06. The van der Waals surface area contributed by atoms with E-state index < -0.39 is 4.92 Å². The fraction of sp³-hybridized carbons (Fsp3) is 0.176. The summed E-state index contributed by atoms with van der Waals surface area (Å²) in [7, 11) is 1.41. The average molecular weight is 312 g/mol. The maximum Gasteiger partial charge on any atom is 0.311 e. The van der Waals surface area contributed by atoms with Crippen LogP contribution in [0.2, 0.25) is 0 Å². The van der Waals surface area contributed by atoms with Crippen molar-refractivity contribution in [2.75, 3.05) is 12.4 Å². The van der Waals surface area contributed by atoms with Gasteiger partial charge in [0.05, 0.1) is 18.1 Å². The molecule has 1 heterocycles. The Kier molecular flexibility index (Phi) is 3.89. The molecule has 0 spiro atoms. The summed E-state index contributed by atoms with van der Waals surface area (Å²) >= 11 is 0. The standard InChI is InChI=1S/C17H16N2O4/c1-11(16-9-12-5-3-4-6-15(12)23-16)18-13-7-8-14(19(20)21)17(10-13)22-2/h3-11,18H,1-2H3/t11-/m1/s1. The zero-order valence-corrected chi connectivity index (χ0v) is 12.8. The highest BCUT2D eigenvalue weighted by Gasteiger charge is 2.17. The van der Waals surface area contributed by atoms with Crippen LogP contribution in [0.1, 0.15) is 18.7 Å². The molecular weight excluding hydrogens is 296 g/mol. The molecule has 0 bridgehead atoms. The van der Waals surface area contributed by atoms with Crippen molar-refractivity contribution < 1.29 is 14.1 Å². The van der Waals surface area contributed by atoms with E-state index in [1.165, 1.54) is 13.2 Å². The molecule has 1 N–H and O–H groups in total. The van der Waals surface area contributed by atoms with Gasteiger partial charge in [-0.2, -0.15) is 0 Å². The van der Waals surface area contributed by atoms with E-state index in [1.54, 1.807) is 12.1 Å². The molecule has 6 nitrogen and oxygen atoms in total. The number of nitro groups is 1. The topological polar surface area (TPSA) is 77.5 Å². The van der Waals surface area contributed by atoms with Gasteiger partial charge < -0.3 is 14.5 Å². The zero-order chi connectivity index (χ0) is 16.4. The number of para-hydroxylation sites is 1. The molecule has 0 aliphatic rings. The average Bonchev–Trinajstić information content (AvgIpc) is 2.98. The van der Waals surface area contributed by atoms with Crippen molar-refractivity contribution >= 4 is 22.3 Å². The minimum Gasteiger partial charge on any atom is -0.490 e. The van der Waals surface area contributed by atoms with Gasteiger partial charge in [-0.1, -0.05) is 18.2 Å². The molecular formula is C17H16N2O4. The van der Waals surface area contributed by atoms with Crippen molar-refractivity contribution in [3.05, 3.63) is 64.4 Å². The van der Waals surface area contributed by atoms with Crippen molar-refractivity contribution in [1.82, 2.24) is 0 Å². The molecule has 1 aromatic heterocycles. The number of hydrogen-bond donors (Lipinski definition) is 1. The number of fused-ring (bicyclic) bond motifs is 1. The van der Waals surface area contributed by atoms with Gasteiger partial charge >= 0.3 is 5.69 Å². The number of nitro benzene ring substituents is 1. The van der Waals surface area contributed by atoms with Crippen molar-refractivity contribution in [3.8, 4) is 5.75 Å². The third-order valence-electron chi connectivity index (χ3n) is 3.63. The Labute approximate surface area is 132 Å². The Morgan fingerprint density at radius 3 is 2.70 bits per heavy atom. The first-order valence-electron chi connectivity index (χ1n) is 7.16. The van der Waals surface area contributed by atoms with Crippen LogP contribution >= 0.6 is 0 Å². The van der Waals surface area contributed by atoms with Gasteiger partial charge in [0.15, 0.2) is 5.75 Å². The van der Waals surface area contributed by atoms with Crippen molar-refractivity contribution in [2.45, 2.75) is 13.0 Å². The van der Waals surface area contributed by atoms with Gasteiger partial charge in [-0.05, 0) is 25.1 Å². The lowest BCUT2D eigenvalue weighted by atomic mass is 10.2. The second-order valence-corrected chi connectivity index (χ2v) is 5.20. The molecule has 0 saturated heterocycles. The van der Waals surface area contributed by atoms with Crippen LogP contribution in [0.3, 0.4) is 0 Å². The molecule has 0 unspecified atom stereocenters. The Hall–Kier alpha value is -3.02. The predicted molar refractivity (Wildman–Crippen MR) is 87.9 cm³/mol. The summed E-state index contributed by atoms with van der Waals surface area (Å²) in [5.41, 5.74) is 1.49. The molecule has 0 radical (unpaired) electrons. The molecule has 118 valence electrons. The molecule has 0 fully saturated rings. The quantitative estimate of drug-likeness (QED) is 0.553. The third kappa shape index (κ3) is 2.96. The number of methoxy groups -OCH3 is 1. The number of furan rings is 1. The van der Waals surface area contributed by atoms with Crippen LogP contribution in [-0.4, -0.2) is 12.0 Å². The van der Waals surface area contributed by atoms with E-state index in [1.807, 2.05) is 37.3 Å². The molecule has 1 atom stereocenters. The van der Waals surface area contributed by atoms with Gasteiger partial charge in [-0.25, -0.2) is 0 Å². The summed E-state index contributed by atoms with van der Waals surface area (Å²) in [6.45, 7) is 1.96. The molecule has 0 aliphatic carbocycles. The van der Waals surface area contributed by atoms with Crippen LogP contribution in [0, 0.1) is 10.1 Å². The van der Waals surface area contributed by atoms with Gasteiger partial charge in [0.1, 0.15) is 11.3 Å². The molecule has 3 rings (SSSR count). The molecule has 6 heteroatoms. The van der Waals surface area contributed by atoms with Crippen LogP contribution in [0.5, 0.6) is 5.75 Å². The lowest BCUT2D eigenvalue weighted by Gasteiger charge is -2.13. The summed E-state index contributed by atoms with van der Waals surface area (Å²) in [5, 5.41) is 15.2. The van der Waals surface area contributed by atoms with Crippen molar-refractivity contribution in [1.29, 1.82) is 0 Å². The number of rotatable bonds is 5. The summed E-state index contributed by atoms with van der Waals surface area (Å²) < 4.78 is 10.9. The molecule has 2 aromatic carbocycles. The number of nitrogens with one attached hydrogen (secondary N) is 1. The maximum absolute atomic E-state index is 10.9. The van der Waals surface area contributed by atoms with E-state index in [0.29, 0.717) is 0 Å². The van der Waals surface area contributed by atoms with E-state index >= 15 is 0 Å². The van der Waals surface area contributed by atoms with Gasteiger partial charge in [0.25, 0.3) is 0 Å². The fourth-order valence-electron chi connectivity index (χ4n) is 2.46. The SMILES string of the molecule is COc1cc(N[C@H](C)c2cc3ccccc3o2)ccc1[N+](=O)[O-]. The smallest absolute Gasteiger partial charge is 0.311 e. The first-order valence-corrected chi connectivity index (χ1v) is 7.16. The van der Waals surface area contributed by atoms with Crippen molar-refractivity contribution in [2.24, 2.45) is 0 Å². The highest BCUT2D eigenvalue weighted by atomic mass is 16.6.